The van der Waals surface area contributed by atoms with Crippen LogP contribution in [-0.4, -0.2) is 34.0 Å². The van der Waals surface area contributed by atoms with Crippen LogP contribution < -0.4 is 5.32 Å². The first-order valence-electron chi connectivity index (χ1n) is 11.9. The minimum atomic E-state index is -0.242. The first-order valence-corrected chi connectivity index (χ1v) is 13.1. The number of nitrogens with zero attached hydrogens (tertiary/aromatic N) is 3. The van der Waals surface area contributed by atoms with Gasteiger partial charge in [0.2, 0.25) is 0 Å². The van der Waals surface area contributed by atoms with Gasteiger partial charge in [0, 0.05) is 40.4 Å². The first-order chi connectivity index (χ1) is 17.0. The van der Waals surface area contributed by atoms with Crippen molar-refractivity contribution < 1.29 is 4.79 Å². The van der Waals surface area contributed by atoms with E-state index in [4.69, 9.17) is 11.6 Å². The molecule has 0 unspecified atom stereocenters. The molecule has 6 rings (SSSR count). The van der Waals surface area contributed by atoms with Crippen LogP contribution in [-0.2, 0) is 19.5 Å². The second-order valence-electron chi connectivity index (χ2n) is 9.46. The summed E-state index contributed by atoms with van der Waals surface area (Å²) < 4.78 is 2.29. The number of aromatic nitrogens is 1. The van der Waals surface area contributed by atoms with E-state index in [-0.39, 0.29) is 12.1 Å². The van der Waals surface area contributed by atoms with Gasteiger partial charge >= 0.3 is 6.03 Å². The molecular weight excluding hydrogens is 476 g/mol. The van der Waals surface area contributed by atoms with E-state index in [9.17, 15) is 4.79 Å². The Kier molecular flexibility index (Phi) is 5.67. The zero-order valence-electron chi connectivity index (χ0n) is 19.8. The molecule has 0 saturated heterocycles. The van der Waals surface area contributed by atoms with Gasteiger partial charge in [-0.1, -0.05) is 35.9 Å². The number of benzene rings is 2. The number of halogens is 1. The van der Waals surface area contributed by atoms with Crippen molar-refractivity contribution in [1.29, 1.82) is 0 Å². The second-order valence-corrected chi connectivity index (χ2v) is 11.0. The fraction of sp³-hybridized carbons (Fsp3) is 0.250. The minimum absolute atomic E-state index is 0.107. The number of carbonyl (C=O) groups is 1. The van der Waals surface area contributed by atoms with Crippen LogP contribution in [0.1, 0.15) is 38.9 Å². The smallest absolute Gasteiger partial charge is 0.310 e. The summed E-state index contributed by atoms with van der Waals surface area (Å²) in [5.74, 6) is 0. The van der Waals surface area contributed by atoms with Crippen molar-refractivity contribution in [2.24, 2.45) is 0 Å². The first kappa shape index (κ1) is 22.4. The third-order valence-electron chi connectivity index (χ3n) is 6.97. The highest BCUT2D eigenvalue weighted by Gasteiger charge is 2.36. The van der Waals surface area contributed by atoms with Gasteiger partial charge in [-0.3, -0.25) is 0 Å². The number of hydrogen-bond acceptors (Lipinski definition) is 3. The number of thiophene rings is 1. The van der Waals surface area contributed by atoms with Crippen LogP contribution in [0.5, 0.6) is 0 Å². The van der Waals surface area contributed by atoms with E-state index in [0.717, 1.165) is 42.0 Å². The van der Waals surface area contributed by atoms with Gasteiger partial charge in [-0.2, -0.15) is 0 Å². The van der Waals surface area contributed by atoms with Gasteiger partial charge in [0.1, 0.15) is 5.00 Å². The predicted molar refractivity (Wildman–Crippen MR) is 143 cm³/mol. The van der Waals surface area contributed by atoms with Gasteiger partial charge < -0.3 is 19.7 Å². The Morgan fingerprint density at radius 1 is 1.06 bits per heavy atom. The van der Waals surface area contributed by atoms with E-state index >= 15 is 0 Å². The number of nitrogens with one attached hydrogen (secondary N) is 1. The van der Waals surface area contributed by atoms with Crippen LogP contribution in [0, 0.1) is 6.92 Å². The standard InChI is InChI=1S/C28H27ClN4OS/c1-18-5-3-6-21(15-18)30-28(34)33-16-23-22-12-14-31(2)17-25(22)35-27(23)32-13-4-7-24(32)26(33)19-8-10-20(29)11-9-19/h3-11,13,15,26H,12,14,16-17H2,1-2H3,(H,30,34)/t26-/m0/s1. The van der Waals surface area contributed by atoms with Crippen molar-refractivity contribution in [3.05, 3.63) is 105 Å². The van der Waals surface area contributed by atoms with Gasteiger partial charge in [-0.05, 0) is 73.5 Å². The fourth-order valence-electron chi connectivity index (χ4n) is 5.27. The fourth-order valence-corrected chi connectivity index (χ4v) is 6.83. The van der Waals surface area contributed by atoms with Crippen molar-refractivity contribution in [2.45, 2.75) is 32.5 Å². The van der Waals surface area contributed by atoms with Crippen LogP contribution in [0.15, 0.2) is 66.9 Å². The Morgan fingerprint density at radius 3 is 2.69 bits per heavy atom. The van der Waals surface area contributed by atoms with Gasteiger partial charge in [0.15, 0.2) is 0 Å². The van der Waals surface area contributed by atoms with E-state index in [2.05, 4.69) is 40.2 Å². The van der Waals surface area contributed by atoms with Crippen LogP contribution in [0.25, 0.3) is 5.00 Å². The highest BCUT2D eigenvalue weighted by Crippen LogP contribution is 2.43. The largest absolute Gasteiger partial charge is 0.322 e. The Hall–Kier alpha value is -3.06. The molecule has 4 heterocycles. The highest BCUT2D eigenvalue weighted by atomic mass is 35.5. The molecule has 2 aliphatic rings. The van der Waals surface area contributed by atoms with E-state index in [0.29, 0.717) is 11.6 Å². The molecule has 0 bridgehead atoms. The lowest BCUT2D eigenvalue weighted by Crippen LogP contribution is -2.38. The second kappa shape index (κ2) is 8.86. The van der Waals surface area contributed by atoms with Gasteiger partial charge in [0.05, 0.1) is 18.3 Å². The number of rotatable bonds is 2. The molecule has 5 nitrogen and oxygen atoms in total. The van der Waals surface area contributed by atoms with Crippen molar-refractivity contribution in [2.75, 3.05) is 18.9 Å². The summed E-state index contributed by atoms with van der Waals surface area (Å²) in [5, 5.41) is 5.09. The molecule has 0 saturated carbocycles. The molecular formula is C28H27ClN4OS. The van der Waals surface area contributed by atoms with E-state index in [1.165, 1.54) is 21.0 Å². The van der Waals surface area contributed by atoms with Crippen LogP contribution in [0.4, 0.5) is 10.5 Å². The average Bonchev–Trinajstić information content (AvgIpc) is 3.41. The molecule has 178 valence electrons. The predicted octanol–water partition coefficient (Wildman–Crippen LogP) is 6.63. The van der Waals surface area contributed by atoms with E-state index in [1.54, 1.807) is 0 Å². The van der Waals surface area contributed by atoms with Crippen molar-refractivity contribution in [3.8, 4) is 5.00 Å². The Bertz CT molecular complexity index is 1410. The van der Waals surface area contributed by atoms with E-state index in [1.807, 2.05) is 71.7 Å². The molecule has 1 N–H and O–H groups in total. The maximum atomic E-state index is 13.9. The van der Waals surface area contributed by atoms with Gasteiger partial charge in [-0.15, -0.1) is 11.3 Å². The topological polar surface area (TPSA) is 40.5 Å². The van der Waals surface area contributed by atoms with Crippen LogP contribution in [0.2, 0.25) is 5.02 Å². The number of urea groups is 1. The number of carbonyl (C=O) groups excluding carboxylic acids is 1. The Labute approximate surface area is 214 Å². The minimum Gasteiger partial charge on any atom is -0.310 e. The van der Waals surface area contributed by atoms with Crippen molar-refractivity contribution >= 4 is 34.7 Å². The number of likely N-dealkylation sites (N-methyl/N-ethyl adjacent to an activating group) is 1. The summed E-state index contributed by atoms with van der Waals surface area (Å²) in [5.41, 5.74) is 6.72. The molecule has 2 amide bonds. The zero-order chi connectivity index (χ0) is 24.1. The Morgan fingerprint density at radius 2 is 1.89 bits per heavy atom. The number of hydrogen-bond donors (Lipinski definition) is 1. The summed E-state index contributed by atoms with van der Waals surface area (Å²) in [4.78, 5) is 19.7. The third kappa shape index (κ3) is 4.05. The maximum Gasteiger partial charge on any atom is 0.322 e. The molecule has 2 aliphatic heterocycles. The third-order valence-corrected chi connectivity index (χ3v) is 8.48. The maximum absolute atomic E-state index is 13.9. The van der Waals surface area contributed by atoms with E-state index < -0.39 is 0 Å². The molecule has 2 aromatic carbocycles. The number of aryl methyl sites for hydroxylation is 1. The molecule has 7 heteroatoms. The van der Waals surface area contributed by atoms with Gasteiger partial charge in [0.25, 0.3) is 0 Å². The average molecular weight is 503 g/mol. The summed E-state index contributed by atoms with van der Waals surface area (Å²) in [6, 6.07) is 19.7. The lowest BCUT2D eigenvalue weighted by Gasteiger charge is -2.32. The molecule has 0 aliphatic carbocycles. The molecule has 1 atom stereocenters. The van der Waals surface area contributed by atoms with Gasteiger partial charge in [-0.25, -0.2) is 4.79 Å². The summed E-state index contributed by atoms with van der Waals surface area (Å²) in [7, 11) is 2.17. The SMILES string of the molecule is Cc1cccc(NC(=O)N2Cc3c(sc4c3CCN(C)C4)-n3cccc3[C@@H]2c2ccc(Cl)cc2)c1. The molecule has 0 fully saturated rings. The molecule has 4 aromatic rings. The normalized spacial score (nSPS) is 17.3. The zero-order valence-corrected chi connectivity index (χ0v) is 21.4. The molecule has 0 radical (unpaired) electrons. The highest BCUT2D eigenvalue weighted by molar-refractivity contribution is 7.15. The van der Waals surface area contributed by atoms with Crippen molar-refractivity contribution in [3.63, 3.8) is 0 Å². The summed E-state index contributed by atoms with van der Waals surface area (Å²) >= 11 is 8.09. The number of amides is 2. The lowest BCUT2D eigenvalue weighted by molar-refractivity contribution is 0.194. The quantitative estimate of drug-likeness (QED) is 0.334. The van der Waals surface area contributed by atoms with Crippen LogP contribution >= 0.6 is 22.9 Å². The summed E-state index contributed by atoms with van der Waals surface area (Å²) in [6.45, 7) is 4.58. The lowest BCUT2D eigenvalue weighted by atomic mass is 10.0. The molecule has 35 heavy (non-hydrogen) atoms. The summed E-state index contributed by atoms with van der Waals surface area (Å²) in [6.07, 6.45) is 3.14. The number of anilines is 1. The molecule has 2 aromatic heterocycles. The van der Waals surface area contributed by atoms with Crippen LogP contribution in [0.3, 0.4) is 0 Å². The number of fused-ring (bicyclic) bond motifs is 5. The monoisotopic (exact) mass is 502 g/mol. The molecule has 0 spiro atoms. The Balaban J connectivity index is 1.49. The van der Waals surface area contributed by atoms with Crippen molar-refractivity contribution in [1.82, 2.24) is 14.4 Å².